The van der Waals surface area contributed by atoms with Gasteiger partial charge >= 0.3 is 0 Å². The van der Waals surface area contributed by atoms with Gasteiger partial charge in [-0.05, 0) is 19.2 Å². The maximum Gasteiger partial charge on any atom is 0.125 e. The van der Waals surface area contributed by atoms with Crippen LogP contribution in [0.15, 0.2) is 24.3 Å². The largest absolute Gasteiger partial charge is 0.330 e. The minimum absolute atomic E-state index is 0.787. The lowest BCUT2D eigenvalue weighted by atomic mass is 10.3. The third kappa shape index (κ3) is 2.63. The van der Waals surface area contributed by atoms with E-state index in [2.05, 4.69) is 57.2 Å². The number of hydrazine groups is 1. The lowest BCUT2D eigenvalue weighted by molar-refractivity contribution is 0.101. The predicted octanol–water partition coefficient (Wildman–Crippen LogP) is 0.825. The van der Waals surface area contributed by atoms with Crippen LogP contribution in [-0.2, 0) is 13.6 Å². The van der Waals surface area contributed by atoms with Crippen molar-refractivity contribution in [2.24, 2.45) is 7.05 Å². The molecule has 2 heterocycles. The number of benzene rings is 1. The summed E-state index contributed by atoms with van der Waals surface area (Å²) in [7, 11) is 4.25. The van der Waals surface area contributed by atoms with Crippen LogP contribution in [0.4, 0.5) is 0 Å². The van der Waals surface area contributed by atoms with E-state index >= 15 is 0 Å². The van der Waals surface area contributed by atoms with E-state index in [-0.39, 0.29) is 0 Å². The molecular formula is C14H21N5. The molecule has 3 rings (SSSR count). The number of rotatable bonds is 3. The van der Waals surface area contributed by atoms with Crippen LogP contribution in [0.1, 0.15) is 5.82 Å². The lowest BCUT2D eigenvalue weighted by Crippen LogP contribution is -2.50. The Labute approximate surface area is 113 Å². The van der Waals surface area contributed by atoms with Crippen LogP contribution in [0.2, 0.25) is 0 Å². The van der Waals surface area contributed by atoms with Crippen molar-refractivity contribution in [2.75, 3.05) is 33.2 Å². The van der Waals surface area contributed by atoms with Gasteiger partial charge in [-0.25, -0.2) is 15.4 Å². The van der Waals surface area contributed by atoms with E-state index in [9.17, 15) is 0 Å². The molecule has 1 aromatic carbocycles. The van der Waals surface area contributed by atoms with Gasteiger partial charge in [-0.1, -0.05) is 12.1 Å². The zero-order chi connectivity index (χ0) is 13.2. The molecule has 0 aliphatic carbocycles. The number of hydrogen-bond donors (Lipinski definition) is 1. The first-order chi connectivity index (χ1) is 9.24. The zero-order valence-corrected chi connectivity index (χ0v) is 11.6. The molecule has 5 heteroatoms. The van der Waals surface area contributed by atoms with Crippen molar-refractivity contribution in [3.63, 3.8) is 0 Å². The Hall–Kier alpha value is -1.43. The third-order valence-electron chi connectivity index (χ3n) is 3.84. The van der Waals surface area contributed by atoms with Crippen molar-refractivity contribution in [2.45, 2.75) is 6.54 Å². The van der Waals surface area contributed by atoms with Gasteiger partial charge in [-0.15, -0.1) is 0 Å². The first-order valence-corrected chi connectivity index (χ1v) is 6.81. The van der Waals surface area contributed by atoms with Gasteiger partial charge in [-0.2, -0.15) is 0 Å². The molecule has 0 radical (unpaired) electrons. The molecular weight excluding hydrogens is 238 g/mol. The van der Waals surface area contributed by atoms with Gasteiger partial charge in [0.15, 0.2) is 0 Å². The quantitative estimate of drug-likeness (QED) is 0.885. The molecule has 0 spiro atoms. The highest BCUT2D eigenvalue weighted by atomic mass is 15.5. The molecule has 0 unspecified atom stereocenters. The Morgan fingerprint density at radius 1 is 1.11 bits per heavy atom. The Morgan fingerprint density at radius 2 is 1.84 bits per heavy atom. The number of nitrogens with zero attached hydrogens (tertiary/aromatic N) is 4. The van der Waals surface area contributed by atoms with Crippen LogP contribution >= 0.6 is 0 Å². The first kappa shape index (κ1) is 12.6. The van der Waals surface area contributed by atoms with Crippen molar-refractivity contribution in [1.29, 1.82) is 0 Å². The Balaban J connectivity index is 1.67. The van der Waals surface area contributed by atoms with E-state index in [1.54, 1.807) is 0 Å². The highest BCUT2D eigenvalue weighted by Crippen LogP contribution is 2.14. The Morgan fingerprint density at radius 3 is 2.58 bits per heavy atom. The molecule has 1 N–H and O–H groups in total. The molecule has 0 bridgehead atoms. The Bertz CT molecular complexity index is 554. The molecule has 1 saturated heterocycles. The fraction of sp³-hybridized carbons (Fsp3) is 0.500. The van der Waals surface area contributed by atoms with E-state index < -0.39 is 0 Å². The van der Waals surface area contributed by atoms with E-state index in [4.69, 9.17) is 0 Å². The summed E-state index contributed by atoms with van der Waals surface area (Å²) in [4.78, 5) is 7.03. The van der Waals surface area contributed by atoms with Crippen LogP contribution in [0.3, 0.4) is 0 Å². The molecule has 5 nitrogen and oxygen atoms in total. The number of imidazole rings is 1. The molecule has 1 fully saturated rings. The smallest absolute Gasteiger partial charge is 0.125 e. The number of para-hydroxylation sites is 2. The maximum atomic E-state index is 4.67. The van der Waals surface area contributed by atoms with Crippen LogP contribution in [0.5, 0.6) is 0 Å². The minimum atomic E-state index is 0.787. The predicted molar refractivity (Wildman–Crippen MR) is 76.6 cm³/mol. The van der Waals surface area contributed by atoms with Crippen molar-refractivity contribution in [1.82, 2.24) is 24.9 Å². The van der Waals surface area contributed by atoms with Gasteiger partial charge in [0.2, 0.25) is 0 Å². The average Bonchev–Trinajstić information content (AvgIpc) is 2.76. The van der Waals surface area contributed by atoms with Crippen LogP contribution < -0.4 is 5.43 Å². The molecule has 0 saturated carbocycles. The van der Waals surface area contributed by atoms with Crippen molar-refractivity contribution >= 4 is 11.0 Å². The molecule has 0 amide bonds. The van der Waals surface area contributed by atoms with Gasteiger partial charge in [0.1, 0.15) is 5.82 Å². The Kier molecular flexibility index (Phi) is 3.50. The number of piperazine rings is 1. The van der Waals surface area contributed by atoms with E-state index in [1.165, 1.54) is 5.52 Å². The van der Waals surface area contributed by atoms with Crippen LogP contribution in [-0.4, -0.2) is 52.7 Å². The third-order valence-corrected chi connectivity index (χ3v) is 3.84. The average molecular weight is 259 g/mol. The van der Waals surface area contributed by atoms with Gasteiger partial charge in [0.25, 0.3) is 0 Å². The highest BCUT2D eigenvalue weighted by Gasteiger charge is 2.14. The van der Waals surface area contributed by atoms with Crippen LogP contribution in [0.25, 0.3) is 11.0 Å². The van der Waals surface area contributed by atoms with Gasteiger partial charge in [0, 0.05) is 33.2 Å². The zero-order valence-electron chi connectivity index (χ0n) is 11.6. The van der Waals surface area contributed by atoms with E-state index in [0.29, 0.717) is 0 Å². The fourth-order valence-electron chi connectivity index (χ4n) is 2.50. The normalized spacial score (nSPS) is 18.2. The van der Waals surface area contributed by atoms with Gasteiger partial charge < -0.3 is 9.47 Å². The summed E-state index contributed by atoms with van der Waals surface area (Å²) in [6, 6.07) is 8.27. The summed E-state index contributed by atoms with van der Waals surface area (Å²) in [6.07, 6.45) is 0. The summed E-state index contributed by atoms with van der Waals surface area (Å²) in [5.41, 5.74) is 5.75. The van der Waals surface area contributed by atoms with Crippen molar-refractivity contribution in [3.8, 4) is 0 Å². The van der Waals surface area contributed by atoms with Gasteiger partial charge in [-0.3, -0.25) is 0 Å². The minimum Gasteiger partial charge on any atom is -0.330 e. The summed E-state index contributed by atoms with van der Waals surface area (Å²) >= 11 is 0. The first-order valence-electron chi connectivity index (χ1n) is 6.81. The van der Waals surface area contributed by atoms with Crippen LogP contribution in [0, 0.1) is 0 Å². The van der Waals surface area contributed by atoms with Gasteiger partial charge in [0.05, 0.1) is 17.6 Å². The molecule has 2 aromatic rings. The fourth-order valence-corrected chi connectivity index (χ4v) is 2.50. The number of fused-ring (bicyclic) bond motifs is 1. The second-order valence-electron chi connectivity index (χ2n) is 5.20. The number of aromatic nitrogens is 2. The second kappa shape index (κ2) is 5.28. The van der Waals surface area contributed by atoms with Crippen molar-refractivity contribution < 1.29 is 0 Å². The van der Waals surface area contributed by atoms with E-state index in [1.807, 2.05) is 6.07 Å². The highest BCUT2D eigenvalue weighted by molar-refractivity contribution is 5.75. The molecule has 1 aromatic heterocycles. The number of nitrogens with one attached hydrogen (secondary N) is 1. The SMILES string of the molecule is CN1CCN(NCc2nc3ccccc3n2C)CC1. The van der Waals surface area contributed by atoms with E-state index in [0.717, 1.165) is 44.1 Å². The monoisotopic (exact) mass is 259 g/mol. The van der Waals surface area contributed by atoms with Crippen molar-refractivity contribution in [3.05, 3.63) is 30.1 Å². The second-order valence-corrected chi connectivity index (χ2v) is 5.20. The summed E-state index contributed by atoms with van der Waals surface area (Å²) in [6.45, 7) is 5.17. The molecule has 102 valence electrons. The lowest BCUT2D eigenvalue weighted by Gasteiger charge is -2.32. The molecule has 1 aliphatic heterocycles. The summed E-state index contributed by atoms with van der Waals surface area (Å²) < 4.78 is 2.17. The number of aryl methyl sites for hydroxylation is 1. The number of hydrogen-bond acceptors (Lipinski definition) is 4. The molecule has 19 heavy (non-hydrogen) atoms. The maximum absolute atomic E-state index is 4.67. The molecule has 1 aliphatic rings. The number of likely N-dealkylation sites (N-methyl/N-ethyl adjacent to an activating group) is 1. The summed E-state index contributed by atoms with van der Waals surface area (Å²) in [5, 5.41) is 2.29. The standard InChI is InChI=1S/C14H21N5/c1-17-7-9-19(10-8-17)15-11-14-16-12-5-3-4-6-13(12)18(14)2/h3-6,15H,7-11H2,1-2H3. The molecule has 0 atom stereocenters. The summed E-state index contributed by atoms with van der Waals surface area (Å²) in [5.74, 6) is 1.08. The topological polar surface area (TPSA) is 36.3 Å².